The second-order valence-corrected chi connectivity index (χ2v) is 4.34. The third kappa shape index (κ3) is 2.76. The summed E-state index contributed by atoms with van der Waals surface area (Å²) in [6, 6.07) is 13.3. The molecular formula is C16H17NO2. The molecule has 3 nitrogen and oxygen atoms in total. The highest BCUT2D eigenvalue weighted by molar-refractivity contribution is 5.91. The van der Waals surface area contributed by atoms with E-state index in [0.717, 1.165) is 23.2 Å². The van der Waals surface area contributed by atoms with E-state index in [1.807, 2.05) is 36.4 Å². The number of hydrogen-bond acceptors (Lipinski definition) is 3. The van der Waals surface area contributed by atoms with Crippen LogP contribution >= 0.6 is 0 Å². The van der Waals surface area contributed by atoms with Crippen molar-refractivity contribution < 1.29 is 9.53 Å². The molecule has 0 bridgehead atoms. The normalized spacial score (nSPS) is 10.2. The molecule has 0 amide bonds. The molecule has 2 rings (SSSR count). The number of methoxy groups -OCH3 is 1. The molecule has 0 radical (unpaired) electrons. The van der Waals surface area contributed by atoms with E-state index < -0.39 is 0 Å². The van der Waals surface area contributed by atoms with Crippen LogP contribution < -0.4 is 5.73 Å². The molecule has 0 unspecified atom stereocenters. The van der Waals surface area contributed by atoms with Gasteiger partial charge in [-0.25, -0.2) is 4.79 Å². The summed E-state index contributed by atoms with van der Waals surface area (Å²) in [4.78, 5) is 11.6. The SMILES string of the molecule is CCc1ccc(C(=O)OC)cc1-c1ccc(N)cc1. The summed E-state index contributed by atoms with van der Waals surface area (Å²) in [7, 11) is 1.39. The molecule has 0 aromatic heterocycles. The van der Waals surface area contributed by atoms with E-state index in [2.05, 4.69) is 6.92 Å². The number of carbonyl (C=O) groups excluding carboxylic acids is 1. The summed E-state index contributed by atoms with van der Waals surface area (Å²) in [5, 5.41) is 0. The minimum atomic E-state index is -0.320. The molecule has 2 aromatic rings. The fourth-order valence-corrected chi connectivity index (χ4v) is 2.06. The molecule has 98 valence electrons. The van der Waals surface area contributed by atoms with Gasteiger partial charge in [0.2, 0.25) is 0 Å². The van der Waals surface area contributed by atoms with Gasteiger partial charge in [-0.05, 0) is 47.4 Å². The van der Waals surface area contributed by atoms with Crippen LogP contribution in [0.1, 0.15) is 22.8 Å². The van der Waals surface area contributed by atoms with Gasteiger partial charge in [0.25, 0.3) is 0 Å². The molecule has 0 aliphatic heterocycles. The average molecular weight is 255 g/mol. The van der Waals surface area contributed by atoms with Crippen LogP contribution in [0.2, 0.25) is 0 Å². The zero-order chi connectivity index (χ0) is 13.8. The summed E-state index contributed by atoms with van der Waals surface area (Å²) in [5.41, 5.74) is 10.3. The summed E-state index contributed by atoms with van der Waals surface area (Å²) < 4.78 is 4.76. The minimum absolute atomic E-state index is 0.320. The van der Waals surface area contributed by atoms with Crippen molar-refractivity contribution in [3.05, 3.63) is 53.6 Å². The number of aryl methyl sites for hydroxylation is 1. The number of anilines is 1. The van der Waals surface area contributed by atoms with Crippen molar-refractivity contribution >= 4 is 11.7 Å². The second kappa shape index (κ2) is 5.57. The van der Waals surface area contributed by atoms with Gasteiger partial charge in [0.15, 0.2) is 0 Å². The maximum absolute atomic E-state index is 11.6. The molecule has 3 heteroatoms. The van der Waals surface area contributed by atoms with Crippen LogP contribution in [0.3, 0.4) is 0 Å². The highest BCUT2D eigenvalue weighted by atomic mass is 16.5. The number of esters is 1. The van der Waals surface area contributed by atoms with E-state index >= 15 is 0 Å². The van der Waals surface area contributed by atoms with E-state index in [-0.39, 0.29) is 5.97 Å². The van der Waals surface area contributed by atoms with Gasteiger partial charge >= 0.3 is 5.97 Å². The van der Waals surface area contributed by atoms with Crippen molar-refractivity contribution in [2.45, 2.75) is 13.3 Å². The van der Waals surface area contributed by atoms with Crippen molar-refractivity contribution in [3.8, 4) is 11.1 Å². The Labute approximate surface area is 113 Å². The largest absolute Gasteiger partial charge is 0.465 e. The summed E-state index contributed by atoms with van der Waals surface area (Å²) in [6.07, 6.45) is 0.904. The number of rotatable bonds is 3. The number of carbonyl (C=O) groups is 1. The fraction of sp³-hybridized carbons (Fsp3) is 0.188. The topological polar surface area (TPSA) is 52.3 Å². The quantitative estimate of drug-likeness (QED) is 0.676. The molecule has 0 heterocycles. The van der Waals surface area contributed by atoms with Gasteiger partial charge in [-0.15, -0.1) is 0 Å². The molecule has 0 spiro atoms. The lowest BCUT2D eigenvalue weighted by molar-refractivity contribution is 0.0601. The van der Waals surface area contributed by atoms with Gasteiger partial charge in [-0.2, -0.15) is 0 Å². The number of nitrogens with two attached hydrogens (primary N) is 1. The molecule has 2 aromatic carbocycles. The highest BCUT2D eigenvalue weighted by Crippen LogP contribution is 2.26. The number of nitrogen functional groups attached to an aromatic ring is 1. The zero-order valence-electron chi connectivity index (χ0n) is 11.1. The maximum Gasteiger partial charge on any atom is 0.337 e. The van der Waals surface area contributed by atoms with E-state index in [4.69, 9.17) is 10.5 Å². The summed E-state index contributed by atoms with van der Waals surface area (Å²) >= 11 is 0. The number of benzene rings is 2. The lowest BCUT2D eigenvalue weighted by atomic mass is 9.95. The summed E-state index contributed by atoms with van der Waals surface area (Å²) in [5.74, 6) is -0.320. The minimum Gasteiger partial charge on any atom is -0.465 e. The van der Waals surface area contributed by atoms with Crippen LogP contribution in [0.25, 0.3) is 11.1 Å². The Morgan fingerprint density at radius 3 is 2.42 bits per heavy atom. The first kappa shape index (κ1) is 13.1. The Hall–Kier alpha value is -2.29. The number of ether oxygens (including phenoxy) is 1. The third-order valence-electron chi connectivity index (χ3n) is 3.13. The van der Waals surface area contributed by atoms with Crippen molar-refractivity contribution in [1.82, 2.24) is 0 Å². The zero-order valence-corrected chi connectivity index (χ0v) is 11.1. The molecule has 0 saturated heterocycles. The van der Waals surface area contributed by atoms with Crippen LogP contribution in [-0.2, 0) is 11.2 Å². The standard InChI is InChI=1S/C16H17NO2/c1-3-11-4-5-13(16(18)19-2)10-15(11)12-6-8-14(17)9-7-12/h4-10H,3,17H2,1-2H3. The van der Waals surface area contributed by atoms with Crippen molar-refractivity contribution in [3.63, 3.8) is 0 Å². The molecule has 0 fully saturated rings. The van der Waals surface area contributed by atoms with Gasteiger partial charge in [0.05, 0.1) is 12.7 Å². The average Bonchev–Trinajstić information content (AvgIpc) is 2.46. The van der Waals surface area contributed by atoms with E-state index in [1.54, 1.807) is 6.07 Å². The van der Waals surface area contributed by atoms with Crippen LogP contribution in [0.5, 0.6) is 0 Å². The lowest BCUT2D eigenvalue weighted by Crippen LogP contribution is -2.02. The lowest BCUT2D eigenvalue weighted by Gasteiger charge is -2.10. The van der Waals surface area contributed by atoms with E-state index in [9.17, 15) is 4.79 Å². The van der Waals surface area contributed by atoms with Crippen molar-refractivity contribution in [2.24, 2.45) is 0 Å². The Kier molecular flexibility index (Phi) is 3.85. The first-order valence-electron chi connectivity index (χ1n) is 6.23. The van der Waals surface area contributed by atoms with E-state index in [0.29, 0.717) is 5.56 Å². The van der Waals surface area contributed by atoms with Gasteiger partial charge in [0.1, 0.15) is 0 Å². The highest BCUT2D eigenvalue weighted by Gasteiger charge is 2.10. The maximum atomic E-state index is 11.6. The van der Waals surface area contributed by atoms with Gasteiger partial charge in [-0.3, -0.25) is 0 Å². The molecule has 0 atom stereocenters. The van der Waals surface area contributed by atoms with Crippen LogP contribution in [0.15, 0.2) is 42.5 Å². The van der Waals surface area contributed by atoms with Gasteiger partial charge in [0, 0.05) is 5.69 Å². The third-order valence-corrected chi connectivity index (χ3v) is 3.13. The molecule has 0 saturated carbocycles. The molecule has 0 aliphatic rings. The van der Waals surface area contributed by atoms with Crippen molar-refractivity contribution in [1.29, 1.82) is 0 Å². The molecule has 2 N–H and O–H groups in total. The molecule has 19 heavy (non-hydrogen) atoms. The van der Waals surface area contributed by atoms with Crippen LogP contribution in [-0.4, -0.2) is 13.1 Å². The molecule has 0 aliphatic carbocycles. The first-order chi connectivity index (χ1) is 9.15. The Balaban J connectivity index is 2.52. The number of hydrogen-bond donors (Lipinski definition) is 1. The predicted molar refractivity (Wildman–Crippen MR) is 77.0 cm³/mol. The predicted octanol–water partition coefficient (Wildman–Crippen LogP) is 3.28. The summed E-state index contributed by atoms with van der Waals surface area (Å²) in [6.45, 7) is 2.09. The van der Waals surface area contributed by atoms with Crippen LogP contribution in [0, 0.1) is 0 Å². The smallest absolute Gasteiger partial charge is 0.337 e. The van der Waals surface area contributed by atoms with Crippen LogP contribution in [0.4, 0.5) is 5.69 Å². The van der Waals surface area contributed by atoms with Crippen molar-refractivity contribution in [2.75, 3.05) is 12.8 Å². The Morgan fingerprint density at radius 2 is 1.84 bits per heavy atom. The second-order valence-electron chi connectivity index (χ2n) is 4.34. The molecular weight excluding hydrogens is 238 g/mol. The Morgan fingerprint density at radius 1 is 1.16 bits per heavy atom. The van der Waals surface area contributed by atoms with Gasteiger partial charge in [-0.1, -0.05) is 25.1 Å². The monoisotopic (exact) mass is 255 g/mol. The Bertz CT molecular complexity index is 588. The van der Waals surface area contributed by atoms with Gasteiger partial charge < -0.3 is 10.5 Å². The van der Waals surface area contributed by atoms with E-state index in [1.165, 1.54) is 12.7 Å². The first-order valence-corrected chi connectivity index (χ1v) is 6.23. The fourth-order valence-electron chi connectivity index (χ4n) is 2.06.